The zero-order valence-electron chi connectivity index (χ0n) is 39.4. The van der Waals surface area contributed by atoms with Crippen LogP contribution in [-0.4, -0.2) is 154 Å². The molecule has 2 amide bonds. The predicted molar refractivity (Wildman–Crippen MR) is 234 cm³/mol. The molecule has 7 rings (SSSR count). The predicted octanol–water partition coefficient (Wildman–Crippen LogP) is 3.63. The van der Waals surface area contributed by atoms with Gasteiger partial charge in [0.1, 0.15) is 41.3 Å². The van der Waals surface area contributed by atoms with Crippen LogP contribution in [0.25, 0.3) is 0 Å². The molecule has 2 aliphatic heterocycles. The largest absolute Gasteiger partial charge is 0.467 e. The Morgan fingerprint density at radius 2 is 1.64 bits per heavy atom. The molecule has 0 radical (unpaired) electrons. The molecule has 1 aromatic carbocycles. The minimum absolute atomic E-state index is 0.0188. The van der Waals surface area contributed by atoms with Crippen molar-refractivity contribution in [3.8, 4) is 0 Å². The Balaban J connectivity index is 1.40. The van der Waals surface area contributed by atoms with E-state index in [2.05, 4.69) is 10.2 Å². The third-order valence-corrected chi connectivity index (χ3v) is 14.5. The molecule has 366 valence electrons. The number of hydrogen-bond donors (Lipinski definition) is 4. The Morgan fingerprint density at radius 1 is 0.970 bits per heavy atom. The highest BCUT2D eigenvalue weighted by Gasteiger charge is 2.78. The zero-order chi connectivity index (χ0) is 49.0. The molecule has 4 fully saturated rings. The van der Waals surface area contributed by atoms with Crippen molar-refractivity contribution >= 4 is 35.9 Å². The topological polar surface area (TPSA) is 250 Å². The number of aliphatic hydroxyl groups is 3. The van der Waals surface area contributed by atoms with E-state index in [9.17, 15) is 39.3 Å². The summed E-state index contributed by atoms with van der Waals surface area (Å²) in [6.45, 7) is 16.1. The lowest BCUT2D eigenvalue weighted by atomic mass is 9.44. The number of ketones is 1. The van der Waals surface area contributed by atoms with Gasteiger partial charge in [0.15, 0.2) is 23.6 Å². The van der Waals surface area contributed by atoms with Crippen molar-refractivity contribution in [3.05, 3.63) is 71.2 Å². The Morgan fingerprint density at radius 3 is 2.21 bits per heavy atom. The average Bonchev–Trinajstić information content (AvgIpc) is 3.81. The fraction of sp³-hybridized carbons (Fsp3) is 0.625. The molecule has 11 atom stereocenters. The van der Waals surface area contributed by atoms with Crippen LogP contribution in [0.4, 0.5) is 9.59 Å². The van der Waals surface area contributed by atoms with Crippen LogP contribution in [0.2, 0.25) is 0 Å². The van der Waals surface area contributed by atoms with E-state index in [0.717, 1.165) is 13.5 Å². The van der Waals surface area contributed by atoms with Crippen LogP contribution in [0.3, 0.4) is 0 Å². The number of hydrogen-bond acceptors (Lipinski definition) is 17. The second-order valence-electron chi connectivity index (χ2n) is 20.0. The summed E-state index contributed by atoms with van der Waals surface area (Å²) in [4.78, 5) is 88.9. The molecule has 3 heterocycles. The van der Waals surface area contributed by atoms with E-state index >= 15 is 4.79 Å². The fourth-order valence-electron chi connectivity index (χ4n) is 10.8. The van der Waals surface area contributed by atoms with E-state index in [1.807, 2.05) is 6.92 Å². The maximum Gasteiger partial charge on any atom is 0.410 e. The average molecular weight is 938 g/mol. The first-order chi connectivity index (χ1) is 31.4. The lowest BCUT2D eigenvalue weighted by molar-refractivity contribution is -0.345. The van der Waals surface area contributed by atoms with Crippen LogP contribution in [0.15, 0.2) is 64.3 Å². The van der Waals surface area contributed by atoms with Crippen LogP contribution in [0, 0.1) is 16.7 Å². The van der Waals surface area contributed by atoms with Gasteiger partial charge in [0.25, 0.3) is 0 Å². The van der Waals surface area contributed by atoms with Gasteiger partial charge in [0, 0.05) is 51.4 Å². The first-order valence-electron chi connectivity index (χ1n) is 22.7. The highest BCUT2D eigenvalue weighted by Crippen LogP contribution is 2.64. The molecule has 3 aliphatic carbocycles. The first-order valence-corrected chi connectivity index (χ1v) is 22.7. The summed E-state index contributed by atoms with van der Waals surface area (Å²) in [5.74, 6) is -5.53. The lowest BCUT2D eigenvalue weighted by Gasteiger charge is -2.67. The molecule has 1 aromatic heterocycles. The summed E-state index contributed by atoms with van der Waals surface area (Å²) in [7, 11) is 0. The van der Waals surface area contributed by atoms with Gasteiger partial charge in [0.05, 0.1) is 35.9 Å². The van der Waals surface area contributed by atoms with Gasteiger partial charge in [-0.3, -0.25) is 9.59 Å². The van der Waals surface area contributed by atoms with Gasteiger partial charge in [-0.05, 0) is 76.6 Å². The number of fused-ring (bicyclic) bond motifs is 5. The number of alkyl carbamates (subject to hydrolysis) is 1. The third-order valence-electron chi connectivity index (χ3n) is 14.5. The normalized spacial score (nSPS) is 32.4. The number of furan rings is 1. The SMILES string of the molecule is CCN1CCN(C(=O)O[C@H]2C(=O)[C@@]3(C)[C@H]([C@H](OC(=O)c4ccccc4)[C@]4(O)C[C@H](OC(=O)[C@H](O)[C@@H](NC(=O)OC(C)(C)C)c5ccco5)C(C)=C2C4(C)C)[C@]2(OC(C)=O)CO[C@@H]2C[C@@H]3O)CC1. The van der Waals surface area contributed by atoms with Crippen LogP contribution in [0.1, 0.15) is 97.3 Å². The molecular formula is C48H63N3O16. The van der Waals surface area contributed by atoms with Crippen molar-refractivity contribution in [2.75, 3.05) is 39.3 Å². The Bertz CT molecular complexity index is 2250. The third kappa shape index (κ3) is 8.84. The number of nitrogens with one attached hydrogen (secondary N) is 1. The van der Waals surface area contributed by atoms with Crippen molar-refractivity contribution in [3.63, 3.8) is 0 Å². The molecule has 2 aromatic rings. The number of aliphatic hydroxyl groups excluding tert-OH is 2. The van der Waals surface area contributed by atoms with E-state index in [-0.39, 0.29) is 48.6 Å². The van der Waals surface area contributed by atoms with Crippen LogP contribution >= 0.6 is 0 Å². The van der Waals surface area contributed by atoms with Crippen LogP contribution in [-0.2, 0) is 42.8 Å². The number of amides is 2. The fourth-order valence-corrected chi connectivity index (χ4v) is 10.8. The van der Waals surface area contributed by atoms with Gasteiger partial charge in [-0.2, -0.15) is 0 Å². The number of Topliss-reactive ketones (excluding diaryl/α,β-unsaturated/α-hetero) is 1. The maximum absolute atomic E-state index is 16.0. The smallest absolute Gasteiger partial charge is 0.410 e. The summed E-state index contributed by atoms with van der Waals surface area (Å²) in [6, 6.07) is 9.19. The number of esters is 3. The van der Waals surface area contributed by atoms with Crippen LogP contribution in [0.5, 0.6) is 0 Å². The standard InChI is InChI=1S/C48H63N3O16/c1-10-50-18-20-51(21-19-50)43(59)64-36-33-26(2)30(63-41(57)35(54)34(29-17-14-22-61-29)49-42(58)67-44(4,5)6)24-48(60,45(33,7)8)39(65-40(56)28-15-12-11-13-16-28)37-46(9,38(36)55)31(53)23-32-47(37,25-62-32)66-27(3)52/h11-17,22,30-32,34-37,39,53-54,60H,10,18-21,23-25H2,1-9H3,(H,49,58)/t30-,31-,32+,34-,35+,36+,37-,39-,46+,47-,48+/m0/s1. The molecule has 4 N–H and O–H groups in total. The molecular weight excluding hydrogens is 875 g/mol. The lowest BCUT2D eigenvalue weighted by Crippen LogP contribution is -2.82. The summed E-state index contributed by atoms with van der Waals surface area (Å²) >= 11 is 0. The van der Waals surface area contributed by atoms with Gasteiger partial charge >= 0.3 is 30.1 Å². The highest BCUT2D eigenvalue weighted by molar-refractivity contribution is 5.95. The summed E-state index contributed by atoms with van der Waals surface area (Å²) in [5.41, 5.74) is -8.83. The minimum Gasteiger partial charge on any atom is -0.467 e. The molecule has 0 spiro atoms. The molecule has 67 heavy (non-hydrogen) atoms. The zero-order valence-corrected chi connectivity index (χ0v) is 39.4. The number of nitrogens with zero attached hydrogens (tertiary/aromatic N) is 2. The molecule has 0 unspecified atom stereocenters. The Labute approximate surface area is 389 Å². The number of likely N-dealkylation sites (N-methyl/N-ethyl adjacent to an activating group) is 1. The van der Waals surface area contributed by atoms with Gasteiger partial charge < -0.3 is 63.3 Å². The van der Waals surface area contributed by atoms with E-state index in [4.69, 9.17) is 32.8 Å². The summed E-state index contributed by atoms with van der Waals surface area (Å²) in [6.07, 6.45) is -11.5. The van der Waals surface area contributed by atoms with Crippen molar-refractivity contribution in [1.82, 2.24) is 15.1 Å². The molecule has 19 heteroatoms. The number of rotatable bonds is 10. The van der Waals surface area contributed by atoms with E-state index in [1.165, 1.54) is 49.3 Å². The summed E-state index contributed by atoms with van der Waals surface area (Å²) in [5, 5.41) is 40.4. The number of carbonyl (C=O) groups is 6. The van der Waals surface area contributed by atoms with E-state index in [1.54, 1.807) is 52.8 Å². The number of ether oxygens (including phenoxy) is 6. The first kappa shape index (κ1) is 49.6. The Hall–Kier alpha value is -5.34. The quantitative estimate of drug-likeness (QED) is 0.151. The minimum atomic E-state index is -2.44. The maximum atomic E-state index is 16.0. The summed E-state index contributed by atoms with van der Waals surface area (Å²) < 4.78 is 41.9. The number of piperazine rings is 1. The van der Waals surface area contributed by atoms with Crippen molar-refractivity contribution in [2.45, 2.75) is 135 Å². The van der Waals surface area contributed by atoms with Gasteiger partial charge in [0.2, 0.25) is 0 Å². The number of benzene rings is 1. The monoisotopic (exact) mass is 937 g/mol. The second kappa shape index (κ2) is 18.3. The van der Waals surface area contributed by atoms with Crippen molar-refractivity contribution < 1.29 is 76.9 Å². The highest BCUT2D eigenvalue weighted by atomic mass is 16.6. The van der Waals surface area contributed by atoms with E-state index in [0.29, 0.717) is 13.1 Å². The molecule has 2 saturated carbocycles. The molecule has 5 aliphatic rings. The molecule has 2 bridgehead atoms. The van der Waals surface area contributed by atoms with E-state index < -0.39 is 119 Å². The second-order valence-corrected chi connectivity index (χ2v) is 20.0. The Kier molecular flexibility index (Phi) is 13.5. The van der Waals surface area contributed by atoms with Crippen LogP contribution < -0.4 is 5.32 Å². The molecule has 2 saturated heterocycles. The molecule has 19 nitrogen and oxygen atoms in total. The van der Waals surface area contributed by atoms with Gasteiger partial charge in [-0.1, -0.05) is 39.0 Å². The van der Waals surface area contributed by atoms with Gasteiger partial charge in [-0.25, -0.2) is 19.2 Å². The number of carbonyl (C=O) groups excluding carboxylic acids is 6. The van der Waals surface area contributed by atoms with Crippen molar-refractivity contribution in [1.29, 1.82) is 0 Å². The van der Waals surface area contributed by atoms with Crippen molar-refractivity contribution in [2.24, 2.45) is 16.7 Å². The van der Waals surface area contributed by atoms with Gasteiger partial charge in [-0.15, -0.1) is 0 Å².